The van der Waals surface area contributed by atoms with Crippen LogP contribution in [0, 0.1) is 0 Å². The van der Waals surface area contributed by atoms with E-state index in [9.17, 15) is 0 Å². The van der Waals surface area contributed by atoms with Crippen molar-refractivity contribution in [1.29, 1.82) is 0 Å². The second kappa shape index (κ2) is 9.94. The van der Waals surface area contributed by atoms with Crippen molar-refractivity contribution in [2.45, 2.75) is 6.04 Å². The minimum Gasteiger partial charge on any atom is -0.497 e. The van der Waals surface area contributed by atoms with E-state index >= 15 is 0 Å². The predicted molar refractivity (Wildman–Crippen MR) is 129 cm³/mol. The van der Waals surface area contributed by atoms with Crippen molar-refractivity contribution in [3.05, 3.63) is 95.6 Å². The third-order valence-corrected chi connectivity index (χ3v) is 6.31. The van der Waals surface area contributed by atoms with Crippen molar-refractivity contribution in [3.63, 3.8) is 0 Å². The van der Waals surface area contributed by atoms with Crippen molar-refractivity contribution in [2.75, 3.05) is 40.4 Å². The number of nitrogens with zero attached hydrogens (tertiary/aromatic N) is 2. The molecule has 1 fully saturated rings. The van der Waals surface area contributed by atoms with Crippen molar-refractivity contribution in [2.24, 2.45) is 0 Å². The molecule has 1 saturated heterocycles. The molecule has 31 heavy (non-hydrogen) atoms. The highest BCUT2D eigenvalue weighted by Crippen LogP contribution is 2.31. The molecule has 1 aliphatic rings. The standard InChI is InChI=1S/C26H28N2O2S/c1-29-22-13-14-23(24(19-22)30-2)26(31)28-17-15-27(16-18-28)25(20-9-5-3-6-10-20)21-11-7-4-8-12-21/h3-14,19,25H,15-18H2,1-2H3. The van der Waals surface area contributed by atoms with Crippen LogP contribution in [0.4, 0.5) is 0 Å². The van der Waals surface area contributed by atoms with Gasteiger partial charge in [0.1, 0.15) is 16.5 Å². The maximum absolute atomic E-state index is 5.85. The third-order valence-electron chi connectivity index (χ3n) is 5.84. The van der Waals surface area contributed by atoms with E-state index in [0.717, 1.165) is 48.2 Å². The lowest BCUT2D eigenvalue weighted by atomic mass is 9.96. The Morgan fingerprint density at radius 3 is 1.87 bits per heavy atom. The van der Waals surface area contributed by atoms with Crippen LogP contribution < -0.4 is 9.47 Å². The number of benzene rings is 3. The highest BCUT2D eigenvalue weighted by Gasteiger charge is 2.28. The molecule has 1 aliphatic heterocycles. The molecule has 3 aromatic carbocycles. The Morgan fingerprint density at radius 1 is 0.774 bits per heavy atom. The van der Waals surface area contributed by atoms with Gasteiger partial charge < -0.3 is 14.4 Å². The second-order valence-corrected chi connectivity index (χ2v) is 8.00. The summed E-state index contributed by atoms with van der Waals surface area (Å²) in [5.74, 6) is 1.51. The van der Waals surface area contributed by atoms with Crippen LogP contribution in [0.25, 0.3) is 0 Å². The zero-order valence-electron chi connectivity index (χ0n) is 18.0. The fourth-order valence-electron chi connectivity index (χ4n) is 4.21. The molecular weight excluding hydrogens is 404 g/mol. The summed E-state index contributed by atoms with van der Waals surface area (Å²) in [5, 5.41) is 0. The molecule has 5 heteroatoms. The molecule has 0 amide bonds. The fourth-order valence-corrected chi connectivity index (χ4v) is 4.56. The van der Waals surface area contributed by atoms with Gasteiger partial charge in [-0.3, -0.25) is 4.90 Å². The minimum atomic E-state index is 0.244. The van der Waals surface area contributed by atoms with Crippen LogP contribution in [-0.4, -0.2) is 55.2 Å². The Hall–Kier alpha value is -2.89. The number of piperazine rings is 1. The molecule has 4 nitrogen and oxygen atoms in total. The Labute approximate surface area is 190 Å². The number of methoxy groups -OCH3 is 2. The summed E-state index contributed by atoms with van der Waals surface area (Å²) in [6, 6.07) is 27.5. The van der Waals surface area contributed by atoms with Gasteiger partial charge >= 0.3 is 0 Å². The quantitative estimate of drug-likeness (QED) is 0.522. The first-order valence-electron chi connectivity index (χ1n) is 10.6. The van der Waals surface area contributed by atoms with Gasteiger partial charge in [-0.15, -0.1) is 0 Å². The van der Waals surface area contributed by atoms with Crippen LogP contribution >= 0.6 is 12.2 Å². The largest absolute Gasteiger partial charge is 0.497 e. The summed E-state index contributed by atoms with van der Waals surface area (Å²) in [6.07, 6.45) is 0. The van der Waals surface area contributed by atoms with Crippen LogP contribution in [0.2, 0.25) is 0 Å². The molecule has 0 aromatic heterocycles. The van der Waals surface area contributed by atoms with Gasteiger partial charge in [-0.2, -0.15) is 0 Å². The van der Waals surface area contributed by atoms with E-state index in [1.807, 2.05) is 18.2 Å². The molecule has 160 valence electrons. The van der Waals surface area contributed by atoms with Gasteiger partial charge in [0.25, 0.3) is 0 Å². The zero-order chi connectivity index (χ0) is 21.6. The van der Waals surface area contributed by atoms with E-state index in [0.29, 0.717) is 0 Å². The van der Waals surface area contributed by atoms with Gasteiger partial charge in [-0.05, 0) is 23.3 Å². The van der Waals surface area contributed by atoms with Crippen LogP contribution in [-0.2, 0) is 0 Å². The van der Waals surface area contributed by atoms with Gasteiger partial charge in [-0.25, -0.2) is 0 Å². The molecule has 1 heterocycles. The molecule has 0 radical (unpaired) electrons. The SMILES string of the molecule is COc1ccc(C(=S)N2CCN(C(c3ccccc3)c3ccccc3)CC2)c(OC)c1. The lowest BCUT2D eigenvalue weighted by molar-refractivity contribution is 0.152. The molecule has 0 spiro atoms. The minimum absolute atomic E-state index is 0.244. The average molecular weight is 433 g/mol. The number of ether oxygens (including phenoxy) is 2. The van der Waals surface area contributed by atoms with E-state index in [2.05, 4.69) is 70.5 Å². The topological polar surface area (TPSA) is 24.9 Å². The normalized spacial score (nSPS) is 14.5. The molecule has 0 aliphatic carbocycles. The smallest absolute Gasteiger partial charge is 0.132 e. The lowest BCUT2D eigenvalue weighted by Gasteiger charge is -2.41. The number of thiocarbonyl (C=S) groups is 1. The maximum atomic E-state index is 5.85. The Balaban J connectivity index is 1.51. The first-order chi connectivity index (χ1) is 15.2. The van der Waals surface area contributed by atoms with Crippen LogP contribution in [0.3, 0.4) is 0 Å². The van der Waals surface area contributed by atoms with Crippen molar-refractivity contribution >= 4 is 17.2 Å². The monoisotopic (exact) mass is 432 g/mol. The summed E-state index contributed by atoms with van der Waals surface area (Å²) in [4.78, 5) is 5.66. The van der Waals surface area contributed by atoms with E-state index < -0.39 is 0 Å². The molecular formula is C26H28N2O2S. The summed E-state index contributed by atoms with van der Waals surface area (Å²) in [5.41, 5.74) is 3.58. The zero-order valence-corrected chi connectivity index (χ0v) is 18.8. The molecule has 0 atom stereocenters. The van der Waals surface area contributed by atoms with Gasteiger partial charge in [0.2, 0.25) is 0 Å². The van der Waals surface area contributed by atoms with E-state index in [-0.39, 0.29) is 6.04 Å². The van der Waals surface area contributed by atoms with Crippen LogP contribution in [0.15, 0.2) is 78.9 Å². The number of hydrogen-bond acceptors (Lipinski definition) is 4. The highest BCUT2D eigenvalue weighted by atomic mass is 32.1. The van der Waals surface area contributed by atoms with Gasteiger partial charge in [-0.1, -0.05) is 72.9 Å². The van der Waals surface area contributed by atoms with Crippen molar-refractivity contribution < 1.29 is 9.47 Å². The average Bonchev–Trinajstić information content (AvgIpc) is 2.85. The number of rotatable bonds is 6. The van der Waals surface area contributed by atoms with Crippen molar-refractivity contribution in [3.8, 4) is 11.5 Å². The molecule has 4 rings (SSSR count). The Bertz CT molecular complexity index is 963. The predicted octanol–water partition coefficient (Wildman–Crippen LogP) is 4.79. The maximum Gasteiger partial charge on any atom is 0.132 e. The summed E-state index contributed by atoms with van der Waals surface area (Å²) < 4.78 is 10.9. The van der Waals surface area contributed by atoms with Gasteiger partial charge in [0.15, 0.2) is 0 Å². The van der Waals surface area contributed by atoms with Crippen LogP contribution in [0.5, 0.6) is 11.5 Å². The first-order valence-corrected chi connectivity index (χ1v) is 11.0. The molecule has 0 N–H and O–H groups in total. The summed E-state index contributed by atoms with van der Waals surface area (Å²) >= 11 is 5.85. The van der Waals surface area contributed by atoms with E-state index in [1.54, 1.807) is 14.2 Å². The highest BCUT2D eigenvalue weighted by molar-refractivity contribution is 7.80. The van der Waals surface area contributed by atoms with Crippen LogP contribution in [0.1, 0.15) is 22.7 Å². The second-order valence-electron chi connectivity index (χ2n) is 7.62. The lowest BCUT2D eigenvalue weighted by Crippen LogP contribution is -2.49. The molecule has 0 saturated carbocycles. The first kappa shape index (κ1) is 21.3. The van der Waals surface area contributed by atoms with Gasteiger partial charge in [0.05, 0.1) is 25.8 Å². The third kappa shape index (κ3) is 4.73. The number of hydrogen-bond donors (Lipinski definition) is 0. The molecule has 3 aromatic rings. The Kier molecular flexibility index (Phi) is 6.85. The Morgan fingerprint density at radius 2 is 1.35 bits per heavy atom. The van der Waals surface area contributed by atoms with E-state index in [1.165, 1.54) is 11.1 Å². The van der Waals surface area contributed by atoms with Crippen molar-refractivity contribution in [1.82, 2.24) is 9.80 Å². The van der Waals surface area contributed by atoms with E-state index in [4.69, 9.17) is 21.7 Å². The molecule has 0 bridgehead atoms. The fraction of sp³-hybridized carbons (Fsp3) is 0.269. The molecule has 0 unspecified atom stereocenters. The summed E-state index contributed by atoms with van der Waals surface area (Å²) in [7, 11) is 3.32. The van der Waals surface area contributed by atoms with Gasteiger partial charge in [0, 0.05) is 32.2 Å². The summed E-state index contributed by atoms with van der Waals surface area (Å²) in [6.45, 7) is 3.63.